The van der Waals surface area contributed by atoms with Gasteiger partial charge in [-0.25, -0.2) is 0 Å². The predicted octanol–water partition coefficient (Wildman–Crippen LogP) is 4.08. The summed E-state index contributed by atoms with van der Waals surface area (Å²) in [6.07, 6.45) is 1.08. The van der Waals surface area contributed by atoms with Crippen molar-refractivity contribution in [1.82, 2.24) is 5.32 Å². The number of ether oxygens (including phenoxy) is 1. The van der Waals surface area contributed by atoms with Crippen molar-refractivity contribution >= 4 is 11.6 Å². The van der Waals surface area contributed by atoms with E-state index < -0.39 is 0 Å². The highest BCUT2D eigenvalue weighted by atomic mass is 35.5. The minimum Gasteiger partial charge on any atom is -0.493 e. The van der Waals surface area contributed by atoms with Crippen LogP contribution in [0.2, 0.25) is 0 Å². The highest BCUT2D eigenvalue weighted by Gasteiger charge is 2.20. The maximum absolute atomic E-state index is 5.81. The first-order valence-electron chi connectivity index (χ1n) is 7.43. The Morgan fingerprint density at radius 3 is 2.62 bits per heavy atom. The maximum Gasteiger partial charge on any atom is 0.122 e. The summed E-state index contributed by atoms with van der Waals surface area (Å²) in [7, 11) is 0. The molecule has 1 aliphatic rings. The second-order valence-corrected chi connectivity index (χ2v) is 5.72. The van der Waals surface area contributed by atoms with Crippen molar-refractivity contribution < 1.29 is 4.74 Å². The molecule has 3 heteroatoms. The van der Waals surface area contributed by atoms with E-state index in [0.29, 0.717) is 11.8 Å². The highest BCUT2D eigenvalue weighted by Crippen LogP contribution is 2.32. The predicted molar refractivity (Wildman–Crippen MR) is 87.0 cm³/mol. The summed E-state index contributed by atoms with van der Waals surface area (Å²) in [5, 5.41) is 3.56. The molecule has 0 spiro atoms. The van der Waals surface area contributed by atoms with E-state index in [-0.39, 0.29) is 0 Å². The summed E-state index contributed by atoms with van der Waals surface area (Å²) < 4.78 is 5.70. The van der Waals surface area contributed by atoms with E-state index in [0.717, 1.165) is 31.9 Å². The second kappa shape index (κ2) is 6.97. The Labute approximate surface area is 131 Å². The summed E-state index contributed by atoms with van der Waals surface area (Å²) in [6.45, 7) is 2.69. The molecule has 3 rings (SSSR count). The lowest BCUT2D eigenvalue weighted by Gasteiger charge is -2.26. The van der Waals surface area contributed by atoms with Gasteiger partial charge in [0.2, 0.25) is 0 Å². The molecule has 0 aliphatic carbocycles. The van der Waals surface area contributed by atoms with E-state index in [1.165, 1.54) is 16.7 Å². The third kappa shape index (κ3) is 3.58. The van der Waals surface area contributed by atoms with Gasteiger partial charge in [-0.15, -0.1) is 11.6 Å². The summed E-state index contributed by atoms with van der Waals surface area (Å²) in [6, 6.07) is 16.8. The van der Waals surface area contributed by atoms with Gasteiger partial charge < -0.3 is 10.1 Å². The number of hydrogen-bond donors (Lipinski definition) is 1. The lowest BCUT2D eigenvalue weighted by molar-refractivity contribution is 0.264. The third-order valence-corrected chi connectivity index (χ3v) is 4.29. The van der Waals surface area contributed by atoms with Gasteiger partial charge in [0.1, 0.15) is 5.75 Å². The number of hydrogen-bond acceptors (Lipinski definition) is 2. The molecule has 2 aromatic carbocycles. The number of benzene rings is 2. The number of nitrogens with one attached hydrogen (secondary N) is 1. The van der Waals surface area contributed by atoms with Crippen LogP contribution in [-0.4, -0.2) is 13.2 Å². The summed E-state index contributed by atoms with van der Waals surface area (Å²) >= 11 is 5.81. The Morgan fingerprint density at radius 2 is 1.81 bits per heavy atom. The van der Waals surface area contributed by atoms with E-state index in [2.05, 4.69) is 47.8 Å². The van der Waals surface area contributed by atoms with Gasteiger partial charge in [-0.1, -0.05) is 42.5 Å². The Morgan fingerprint density at radius 1 is 1.05 bits per heavy atom. The van der Waals surface area contributed by atoms with E-state index in [1.54, 1.807) is 0 Å². The molecule has 1 heterocycles. The fourth-order valence-electron chi connectivity index (χ4n) is 2.76. The van der Waals surface area contributed by atoms with Gasteiger partial charge in [-0.2, -0.15) is 0 Å². The molecule has 0 saturated carbocycles. The Hall–Kier alpha value is -1.51. The maximum atomic E-state index is 5.81. The van der Waals surface area contributed by atoms with E-state index in [1.807, 2.05) is 6.07 Å². The van der Waals surface area contributed by atoms with Crippen molar-refractivity contribution in [2.24, 2.45) is 0 Å². The average Bonchev–Trinajstić information content (AvgIpc) is 2.56. The van der Waals surface area contributed by atoms with E-state index in [9.17, 15) is 0 Å². The molecular formula is C18H20ClNO. The SMILES string of the molecule is ClCc1ccc(CNCC2CCOc3ccccc32)cc1. The molecule has 110 valence electrons. The van der Waals surface area contributed by atoms with Crippen molar-refractivity contribution in [2.45, 2.75) is 24.8 Å². The number of fused-ring (bicyclic) bond motifs is 1. The molecule has 0 aromatic heterocycles. The van der Waals surface area contributed by atoms with Crippen molar-refractivity contribution in [1.29, 1.82) is 0 Å². The minimum absolute atomic E-state index is 0.539. The van der Waals surface area contributed by atoms with Gasteiger partial charge in [-0.3, -0.25) is 0 Å². The molecule has 1 atom stereocenters. The molecule has 0 amide bonds. The monoisotopic (exact) mass is 301 g/mol. The van der Waals surface area contributed by atoms with Crippen LogP contribution in [0.4, 0.5) is 0 Å². The van der Waals surface area contributed by atoms with Crippen molar-refractivity contribution in [3.05, 3.63) is 65.2 Å². The number of alkyl halides is 1. The van der Waals surface area contributed by atoms with Crippen LogP contribution >= 0.6 is 11.6 Å². The number of para-hydroxylation sites is 1. The molecule has 0 saturated heterocycles. The van der Waals surface area contributed by atoms with Crippen LogP contribution in [0.25, 0.3) is 0 Å². The van der Waals surface area contributed by atoms with E-state index >= 15 is 0 Å². The van der Waals surface area contributed by atoms with Crippen LogP contribution < -0.4 is 10.1 Å². The first-order chi connectivity index (χ1) is 10.4. The van der Waals surface area contributed by atoms with Gasteiger partial charge >= 0.3 is 0 Å². The molecule has 1 unspecified atom stereocenters. The zero-order valence-electron chi connectivity index (χ0n) is 12.0. The van der Waals surface area contributed by atoms with Gasteiger partial charge in [0.15, 0.2) is 0 Å². The summed E-state index contributed by atoms with van der Waals surface area (Å²) in [5.41, 5.74) is 3.79. The second-order valence-electron chi connectivity index (χ2n) is 5.45. The molecule has 2 nitrogen and oxygen atoms in total. The molecule has 1 aliphatic heterocycles. The van der Waals surface area contributed by atoms with Crippen LogP contribution in [0.1, 0.15) is 29.0 Å². The quantitative estimate of drug-likeness (QED) is 0.840. The Kier molecular flexibility index (Phi) is 4.79. The Balaban J connectivity index is 1.56. The van der Waals surface area contributed by atoms with E-state index in [4.69, 9.17) is 16.3 Å². The molecule has 21 heavy (non-hydrogen) atoms. The topological polar surface area (TPSA) is 21.3 Å². The Bertz CT molecular complexity index is 582. The van der Waals surface area contributed by atoms with Gasteiger partial charge in [0.05, 0.1) is 6.61 Å². The third-order valence-electron chi connectivity index (χ3n) is 3.98. The molecular weight excluding hydrogens is 282 g/mol. The van der Waals surface area contributed by atoms with Crippen LogP contribution in [-0.2, 0) is 12.4 Å². The first-order valence-corrected chi connectivity index (χ1v) is 7.96. The lowest BCUT2D eigenvalue weighted by Crippen LogP contribution is -2.25. The molecule has 0 radical (unpaired) electrons. The molecule has 2 aromatic rings. The number of rotatable bonds is 5. The zero-order valence-corrected chi connectivity index (χ0v) is 12.8. The average molecular weight is 302 g/mol. The normalized spacial score (nSPS) is 17.1. The molecule has 1 N–H and O–H groups in total. The van der Waals surface area contributed by atoms with Crippen molar-refractivity contribution in [3.8, 4) is 5.75 Å². The highest BCUT2D eigenvalue weighted by molar-refractivity contribution is 6.17. The van der Waals surface area contributed by atoms with Crippen LogP contribution in [0, 0.1) is 0 Å². The van der Waals surface area contributed by atoms with Crippen LogP contribution in [0.3, 0.4) is 0 Å². The molecule has 0 bridgehead atoms. The van der Waals surface area contributed by atoms with Crippen molar-refractivity contribution in [2.75, 3.05) is 13.2 Å². The molecule has 0 fully saturated rings. The zero-order chi connectivity index (χ0) is 14.5. The minimum atomic E-state index is 0.539. The summed E-state index contributed by atoms with van der Waals surface area (Å²) in [4.78, 5) is 0. The largest absolute Gasteiger partial charge is 0.493 e. The van der Waals surface area contributed by atoms with Gasteiger partial charge in [0, 0.05) is 24.9 Å². The standard InChI is InChI=1S/C18H20ClNO/c19-11-14-5-7-15(8-6-14)12-20-13-16-9-10-21-18-4-2-1-3-17(16)18/h1-8,16,20H,9-13H2. The first kappa shape index (κ1) is 14.4. The van der Waals surface area contributed by atoms with Gasteiger partial charge in [-0.05, 0) is 29.2 Å². The number of halogens is 1. The van der Waals surface area contributed by atoms with Gasteiger partial charge in [0.25, 0.3) is 0 Å². The van der Waals surface area contributed by atoms with Crippen LogP contribution in [0.15, 0.2) is 48.5 Å². The summed E-state index contributed by atoms with van der Waals surface area (Å²) in [5.74, 6) is 2.16. The van der Waals surface area contributed by atoms with Crippen LogP contribution in [0.5, 0.6) is 5.75 Å². The fraction of sp³-hybridized carbons (Fsp3) is 0.333. The lowest BCUT2D eigenvalue weighted by atomic mass is 9.93. The van der Waals surface area contributed by atoms with Crippen molar-refractivity contribution in [3.63, 3.8) is 0 Å². The fourth-order valence-corrected chi connectivity index (χ4v) is 2.94. The smallest absolute Gasteiger partial charge is 0.122 e.